The molecule has 0 fully saturated rings. The zero-order valence-corrected chi connectivity index (χ0v) is 14.5. The minimum Gasteiger partial charge on any atom is -0.299 e. The molecule has 0 radical (unpaired) electrons. The second-order valence-corrected chi connectivity index (χ2v) is 6.91. The number of carbonyl (C=O) groups excluding carboxylic acids is 1. The minimum absolute atomic E-state index is 0.132. The van der Waals surface area contributed by atoms with Crippen molar-refractivity contribution in [1.82, 2.24) is 14.8 Å². The quantitative estimate of drug-likeness (QED) is 0.640. The van der Waals surface area contributed by atoms with Crippen LogP contribution in [0.25, 0.3) is 5.69 Å². The van der Waals surface area contributed by atoms with Gasteiger partial charge in [-0.3, -0.25) is 9.36 Å². The lowest BCUT2D eigenvalue weighted by Crippen LogP contribution is -2.10. The van der Waals surface area contributed by atoms with Gasteiger partial charge in [-0.1, -0.05) is 60.3 Å². The summed E-state index contributed by atoms with van der Waals surface area (Å²) < 4.78 is 2.04. The molecule has 3 aromatic rings. The van der Waals surface area contributed by atoms with Crippen LogP contribution in [0.3, 0.4) is 0 Å². The van der Waals surface area contributed by atoms with Gasteiger partial charge in [0.2, 0.25) is 0 Å². The first-order chi connectivity index (χ1) is 11.6. The Bertz CT molecular complexity index is 815. The topological polar surface area (TPSA) is 47.8 Å². The molecular weight excluding hydrogens is 318 g/mol. The Balaban J connectivity index is 2.00. The molecule has 1 unspecified atom stereocenters. The summed E-state index contributed by atoms with van der Waals surface area (Å²) in [6, 6.07) is 20.2. The second kappa shape index (κ2) is 7.45. The van der Waals surface area contributed by atoms with Gasteiger partial charge in [0.05, 0.1) is 5.25 Å². The van der Waals surface area contributed by atoms with E-state index in [1.54, 1.807) is 6.92 Å². The molecule has 1 aromatic heterocycles. The molecule has 0 aliphatic carbocycles. The van der Waals surface area contributed by atoms with Crippen molar-refractivity contribution in [3.05, 3.63) is 72.1 Å². The van der Waals surface area contributed by atoms with Crippen molar-refractivity contribution < 1.29 is 4.79 Å². The summed E-state index contributed by atoms with van der Waals surface area (Å²) in [5.74, 6) is 0.998. The van der Waals surface area contributed by atoms with Crippen LogP contribution in [0, 0.1) is 0 Å². The van der Waals surface area contributed by atoms with Gasteiger partial charge < -0.3 is 0 Å². The summed E-state index contributed by atoms with van der Waals surface area (Å²) in [6.07, 6.45) is 0.692. The minimum atomic E-state index is -0.152. The molecule has 0 aliphatic heterocycles. The largest absolute Gasteiger partial charge is 0.299 e. The maximum Gasteiger partial charge on any atom is 0.196 e. The highest BCUT2D eigenvalue weighted by Gasteiger charge is 2.19. The third kappa shape index (κ3) is 3.74. The predicted molar refractivity (Wildman–Crippen MR) is 96.6 cm³/mol. The number of rotatable bonds is 6. The van der Waals surface area contributed by atoms with Crippen LogP contribution in [-0.2, 0) is 11.2 Å². The number of ketones is 1. The average molecular weight is 337 g/mol. The number of hydrogen-bond donors (Lipinski definition) is 0. The first-order valence-electron chi connectivity index (χ1n) is 7.86. The van der Waals surface area contributed by atoms with E-state index in [9.17, 15) is 4.79 Å². The lowest BCUT2D eigenvalue weighted by molar-refractivity contribution is -0.116. The molecule has 0 saturated heterocycles. The van der Waals surface area contributed by atoms with Gasteiger partial charge in [-0.05, 0) is 31.5 Å². The Morgan fingerprint density at radius 2 is 1.67 bits per heavy atom. The highest BCUT2D eigenvalue weighted by molar-refractivity contribution is 8.00. The zero-order valence-electron chi connectivity index (χ0n) is 13.7. The predicted octanol–water partition coefficient (Wildman–Crippen LogP) is 3.93. The Labute approximate surface area is 145 Å². The molecule has 24 heavy (non-hydrogen) atoms. The van der Waals surface area contributed by atoms with Crippen molar-refractivity contribution >= 4 is 17.5 Å². The molecule has 0 N–H and O–H groups in total. The fraction of sp³-hybridized carbons (Fsp3) is 0.211. The van der Waals surface area contributed by atoms with Crippen LogP contribution in [0.4, 0.5) is 0 Å². The van der Waals surface area contributed by atoms with E-state index in [2.05, 4.69) is 22.3 Å². The molecule has 3 rings (SSSR count). The van der Waals surface area contributed by atoms with Crippen LogP contribution in [0.15, 0.2) is 65.8 Å². The molecule has 0 spiro atoms. The molecule has 0 bridgehead atoms. The van der Waals surface area contributed by atoms with Crippen LogP contribution in [-0.4, -0.2) is 25.8 Å². The zero-order chi connectivity index (χ0) is 16.9. The summed E-state index contributed by atoms with van der Waals surface area (Å²) in [5, 5.41) is 9.31. The van der Waals surface area contributed by atoms with Crippen molar-refractivity contribution in [1.29, 1.82) is 0 Å². The van der Waals surface area contributed by atoms with Gasteiger partial charge >= 0.3 is 0 Å². The van der Waals surface area contributed by atoms with Gasteiger partial charge in [0, 0.05) is 12.1 Å². The van der Waals surface area contributed by atoms with E-state index < -0.39 is 0 Å². The molecule has 2 aromatic carbocycles. The maximum atomic E-state index is 11.6. The van der Waals surface area contributed by atoms with E-state index in [1.807, 2.05) is 60.0 Å². The maximum absolute atomic E-state index is 11.6. The third-order valence-corrected chi connectivity index (χ3v) is 4.94. The molecular formula is C19H19N3OS. The van der Waals surface area contributed by atoms with Crippen LogP contribution < -0.4 is 0 Å². The first kappa shape index (κ1) is 16.5. The number of para-hydroxylation sites is 1. The standard InChI is InChI=1S/C19H19N3OS/c1-14(23)15(2)24-19-21-20-18(13-16-9-5-3-6-10-16)22(19)17-11-7-4-8-12-17/h3-12,15H,13H2,1-2H3. The molecule has 4 nitrogen and oxygen atoms in total. The number of carbonyl (C=O) groups is 1. The normalized spacial score (nSPS) is 12.1. The van der Waals surface area contributed by atoms with E-state index in [-0.39, 0.29) is 11.0 Å². The summed E-state index contributed by atoms with van der Waals surface area (Å²) in [4.78, 5) is 11.6. The lowest BCUT2D eigenvalue weighted by atomic mass is 10.1. The van der Waals surface area contributed by atoms with Crippen LogP contribution >= 0.6 is 11.8 Å². The highest BCUT2D eigenvalue weighted by Crippen LogP contribution is 2.26. The van der Waals surface area contributed by atoms with E-state index in [4.69, 9.17) is 0 Å². The summed E-state index contributed by atoms with van der Waals surface area (Å²) in [7, 11) is 0. The van der Waals surface area contributed by atoms with Gasteiger partial charge in [0.1, 0.15) is 11.6 Å². The molecule has 5 heteroatoms. The van der Waals surface area contributed by atoms with E-state index in [0.29, 0.717) is 6.42 Å². The average Bonchev–Trinajstić information content (AvgIpc) is 2.98. The Morgan fingerprint density at radius 3 is 2.29 bits per heavy atom. The van der Waals surface area contributed by atoms with E-state index in [0.717, 1.165) is 16.7 Å². The van der Waals surface area contributed by atoms with Gasteiger partial charge in [0.15, 0.2) is 5.16 Å². The van der Waals surface area contributed by atoms with Crippen LogP contribution in [0.1, 0.15) is 25.2 Å². The molecule has 0 amide bonds. The van der Waals surface area contributed by atoms with Crippen molar-refractivity contribution in [2.45, 2.75) is 30.7 Å². The number of thioether (sulfide) groups is 1. The smallest absolute Gasteiger partial charge is 0.196 e. The number of Topliss-reactive ketones (excluding diaryl/α,β-unsaturated/α-hetero) is 1. The van der Waals surface area contributed by atoms with Crippen molar-refractivity contribution in [3.8, 4) is 5.69 Å². The summed E-state index contributed by atoms with van der Waals surface area (Å²) in [6.45, 7) is 3.50. The van der Waals surface area contributed by atoms with Crippen LogP contribution in [0.2, 0.25) is 0 Å². The van der Waals surface area contributed by atoms with Crippen LogP contribution in [0.5, 0.6) is 0 Å². The third-order valence-electron chi connectivity index (χ3n) is 3.77. The molecule has 122 valence electrons. The van der Waals surface area contributed by atoms with E-state index in [1.165, 1.54) is 17.3 Å². The van der Waals surface area contributed by atoms with E-state index >= 15 is 0 Å². The van der Waals surface area contributed by atoms with Gasteiger partial charge in [-0.2, -0.15) is 0 Å². The monoisotopic (exact) mass is 337 g/mol. The number of hydrogen-bond acceptors (Lipinski definition) is 4. The summed E-state index contributed by atoms with van der Waals surface area (Å²) >= 11 is 1.44. The number of nitrogens with zero attached hydrogens (tertiary/aromatic N) is 3. The SMILES string of the molecule is CC(=O)C(C)Sc1nnc(Cc2ccccc2)n1-c1ccccc1. The lowest BCUT2D eigenvalue weighted by Gasteiger charge is -2.12. The van der Waals surface area contributed by atoms with Crippen molar-refractivity contribution in [3.63, 3.8) is 0 Å². The fourth-order valence-corrected chi connectivity index (χ4v) is 3.23. The number of benzene rings is 2. The highest BCUT2D eigenvalue weighted by atomic mass is 32.2. The molecule has 0 saturated carbocycles. The van der Waals surface area contributed by atoms with Crippen molar-refractivity contribution in [2.24, 2.45) is 0 Å². The van der Waals surface area contributed by atoms with Gasteiger partial charge in [-0.15, -0.1) is 10.2 Å². The fourth-order valence-electron chi connectivity index (χ4n) is 2.35. The van der Waals surface area contributed by atoms with Crippen molar-refractivity contribution in [2.75, 3.05) is 0 Å². The Kier molecular flexibility index (Phi) is 5.11. The molecule has 1 atom stereocenters. The first-order valence-corrected chi connectivity index (χ1v) is 8.74. The second-order valence-electron chi connectivity index (χ2n) is 5.60. The Morgan fingerprint density at radius 1 is 1.04 bits per heavy atom. The number of aromatic nitrogens is 3. The van der Waals surface area contributed by atoms with Gasteiger partial charge in [-0.25, -0.2) is 0 Å². The molecule has 0 aliphatic rings. The summed E-state index contributed by atoms with van der Waals surface area (Å²) in [5.41, 5.74) is 2.19. The Hall–Kier alpha value is -2.40. The van der Waals surface area contributed by atoms with Gasteiger partial charge in [0.25, 0.3) is 0 Å². The molecule has 1 heterocycles.